The second-order valence-electron chi connectivity index (χ2n) is 6.93. The van der Waals surface area contributed by atoms with Gasteiger partial charge in [0, 0.05) is 16.7 Å². The van der Waals surface area contributed by atoms with E-state index in [9.17, 15) is 13.6 Å². The average Bonchev–Trinajstić information content (AvgIpc) is 2.82. The number of rotatable bonds is 7. The Hall–Kier alpha value is -3.45. The van der Waals surface area contributed by atoms with Crippen molar-refractivity contribution in [2.75, 3.05) is 7.11 Å². The fraction of sp³-hybridized carbons (Fsp3) is 0.120. The summed E-state index contributed by atoms with van der Waals surface area (Å²) < 4.78 is 38.4. The summed E-state index contributed by atoms with van der Waals surface area (Å²) in [7, 11) is 1.28. The lowest BCUT2D eigenvalue weighted by molar-refractivity contribution is 0.0590. The van der Waals surface area contributed by atoms with Gasteiger partial charge in [-0.25, -0.2) is 18.6 Å². The molecular weight excluding hydrogens is 432 g/mol. The van der Waals surface area contributed by atoms with E-state index in [1.807, 2.05) is 18.2 Å². The number of halogens is 2. The highest BCUT2D eigenvalue weighted by Crippen LogP contribution is 2.37. The first-order valence-electron chi connectivity index (χ1n) is 9.81. The quantitative estimate of drug-likeness (QED) is 0.248. The number of aromatic nitrogens is 1. The summed E-state index contributed by atoms with van der Waals surface area (Å²) in [5.41, 5.74) is 2.04. The molecule has 1 aromatic heterocycles. The smallest absolute Gasteiger partial charge is 0.344 e. The van der Waals surface area contributed by atoms with Crippen LogP contribution < -0.4 is 4.74 Å². The van der Waals surface area contributed by atoms with E-state index in [0.29, 0.717) is 27.2 Å². The maximum Gasteiger partial charge on any atom is 0.344 e. The summed E-state index contributed by atoms with van der Waals surface area (Å²) in [5, 5.41) is 1.04. The Morgan fingerprint density at radius 1 is 0.969 bits per heavy atom. The molecule has 32 heavy (non-hydrogen) atoms. The number of carbonyl (C=O) groups is 1. The number of ether oxygens (including phenoxy) is 2. The molecule has 0 spiro atoms. The van der Waals surface area contributed by atoms with Crippen LogP contribution in [0.4, 0.5) is 8.78 Å². The molecule has 3 aromatic carbocycles. The lowest BCUT2D eigenvalue weighted by Crippen LogP contribution is -2.10. The number of para-hydroxylation sites is 1. The van der Waals surface area contributed by atoms with Crippen molar-refractivity contribution in [2.45, 2.75) is 17.4 Å². The average molecular weight is 451 g/mol. The van der Waals surface area contributed by atoms with Gasteiger partial charge in [0.1, 0.15) is 34.6 Å². The van der Waals surface area contributed by atoms with Gasteiger partial charge in [-0.05, 0) is 35.9 Å². The number of hydrogen-bond donors (Lipinski definition) is 0. The molecule has 0 amide bonds. The van der Waals surface area contributed by atoms with Crippen molar-refractivity contribution in [2.24, 2.45) is 0 Å². The zero-order valence-corrected chi connectivity index (χ0v) is 18.0. The van der Waals surface area contributed by atoms with E-state index in [0.717, 1.165) is 5.56 Å². The predicted molar refractivity (Wildman–Crippen MR) is 120 cm³/mol. The number of hydrogen-bond acceptors (Lipinski definition) is 5. The summed E-state index contributed by atoms with van der Waals surface area (Å²) in [5.74, 6) is -0.568. The zero-order valence-electron chi connectivity index (χ0n) is 17.2. The van der Waals surface area contributed by atoms with Gasteiger partial charge in [-0.2, -0.15) is 0 Å². The van der Waals surface area contributed by atoms with E-state index in [2.05, 4.69) is 4.98 Å². The van der Waals surface area contributed by atoms with Crippen LogP contribution in [0, 0.1) is 11.6 Å². The second kappa shape index (κ2) is 9.78. The maximum atomic E-state index is 14.1. The van der Waals surface area contributed by atoms with E-state index < -0.39 is 11.8 Å². The maximum absolute atomic E-state index is 14.1. The molecule has 0 aliphatic rings. The van der Waals surface area contributed by atoms with Crippen molar-refractivity contribution < 1.29 is 23.0 Å². The van der Waals surface area contributed by atoms with Crippen LogP contribution in [-0.2, 0) is 17.1 Å². The lowest BCUT2D eigenvalue weighted by Gasteiger charge is -2.16. The van der Waals surface area contributed by atoms with Gasteiger partial charge in [0.25, 0.3) is 0 Å². The highest BCUT2D eigenvalue weighted by Gasteiger charge is 2.24. The van der Waals surface area contributed by atoms with Gasteiger partial charge in [-0.15, -0.1) is 11.8 Å². The Labute approximate surface area is 188 Å². The molecule has 7 heteroatoms. The van der Waals surface area contributed by atoms with Crippen LogP contribution in [0.1, 0.15) is 21.5 Å². The van der Waals surface area contributed by atoms with Crippen molar-refractivity contribution in [3.63, 3.8) is 0 Å². The molecule has 0 saturated carbocycles. The molecule has 4 aromatic rings. The van der Waals surface area contributed by atoms with Gasteiger partial charge in [0.15, 0.2) is 0 Å². The van der Waals surface area contributed by atoms with Crippen LogP contribution in [0.5, 0.6) is 5.75 Å². The first-order valence-corrected chi connectivity index (χ1v) is 10.8. The molecule has 0 aliphatic carbocycles. The SMILES string of the molecule is COC(=O)c1c(SCc2ccc(F)cc2)nc2ccccc2c1OCc1ccccc1F. The van der Waals surface area contributed by atoms with Crippen LogP contribution in [0.3, 0.4) is 0 Å². The topological polar surface area (TPSA) is 48.4 Å². The minimum absolute atomic E-state index is 0.0628. The molecule has 0 aliphatic heterocycles. The monoisotopic (exact) mass is 451 g/mol. The fourth-order valence-corrected chi connectivity index (χ4v) is 4.17. The second-order valence-corrected chi connectivity index (χ2v) is 7.89. The summed E-state index contributed by atoms with van der Waals surface area (Å²) in [4.78, 5) is 17.4. The van der Waals surface area contributed by atoms with Gasteiger partial charge < -0.3 is 9.47 Å². The number of fused-ring (bicyclic) bond motifs is 1. The first kappa shape index (κ1) is 21.8. The van der Waals surface area contributed by atoms with Gasteiger partial charge in [-0.3, -0.25) is 0 Å². The highest BCUT2D eigenvalue weighted by molar-refractivity contribution is 7.98. The van der Waals surface area contributed by atoms with Gasteiger partial charge >= 0.3 is 5.97 Å². The molecule has 4 rings (SSSR count). The largest absolute Gasteiger partial charge is 0.487 e. The molecule has 0 fully saturated rings. The standard InChI is InChI=1S/C25H19F2NO3S/c1-30-25(29)22-23(31-14-17-6-2-4-8-20(17)27)19-7-3-5-9-21(19)28-24(22)32-15-16-10-12-18(26)13-11-16/h2-13H,14-15H2,1H3. The molecule has 0 bridgehead atoms. The molecule has 4 nitrogen and oxygen atoms in total. The highest BCUT2D eigenvalue weighted by atomic mass is 32.2. The Morgan fingerprint density at radius 3 is 2.44 bits per heavy atom. The van der Waals surface area contributed by atoms with E-state index in [1.54, 1.807) is 36.4 Å². The molecule has 162 valence electrons. The van der Waals surface area contributed by atoms with Crippen molar-refractivity contribution in [1.82, 2.24) is 4.98 Å². The first-order chi connectivity index (χ1) is 15.6. The minimum atomic E-state index is -0.603. The minimum Gasteiger partial charge on any atom is -0.487 e. The van der Waals surface area contributed by atoms with Crippen LogP contribution >= 0.6 is 11.8 Å². The third kappa shape index (κ3) is 4.73. The number of benzene rings is 3. The van der Waals surface area contributed by atoms with E-state index in [-0.39, 0.29) is 23.7 Å². The van der Waals surface area contributed by atoms with Crippen molar-refractivity contribution in [1.29, 1.82) is 0 Å². The van der Waals surface area contributed by atoms with Gasteiger partial charge in [-0.1, -0.05) is 42.5 Å². The Bertz CT molecular complexity index is 1260. The number of esters is 1. The Kier molecular flexibility index (Phi) is 6.66. The molecule has 1 heterocycles. The number of thioether (sulfide) groups is 1. The van der Waals surface area contributed by atoms with Crippen LogP contribution in [0.2, 0.25) is 0 Å². The zero-order chi connectivity index (χ0) is 22.5. The van der Waals surface area contributed by atoms with Crippen LogP contribution in [0.25, 0.3) is 10.9 Å². The van der Waals surface area contributed by atoms with Gasteiger partial charge in [0.2, 0.25) is 0 Å². The normalized spacial score (nSPS) is 10.8. The van der Waals surface area contributed by atoms with Crippen LogP contribution in [-0.4, -0.2) is 18.1 Å². The number of carbonyl (C=O) groups excluding carboxylic acids is 1. The summed E-state index contributed by atoms with van der Waals surface area (Å²) in [6.07, 6.45) is 0. The Morgan fingerprint density at radius 2 is 1.69 bits per heavy atom. The molecule has 0 unspecified atom stereocenters. The number of methoxy groups -OCH3 is 1. The predicted octanol–water partition coefficient (Wildman–Crippen LogP) is 6.17. The summed E-state index contributed by atoms with van der Waals surface area (Å²) in [6.45, 7) is -0.0628. The van der Waals surface area contributed by atoms with E-state index in [4.69, 9.17) is 9.47 Å². The number of pyridine rings is 1. The van der Waals surface area contributed by atoms with Crippen molar-refractivity contribution >= 4 is 28.6 Å². The van der Waals surface area contributed by atoms with Crippen LogP contribution in [0.15, 0.2) is 77.8 Å². The lowest BCUT2D eigenvalue weighted by atomic mass is 10.1. The van der Waals surface area contributed by atoms with E-state index in [1.165, 1.54) is 37.1 Å². The summed E-state index contributed by atoms with van der Waals surface area (Å²) >= 11 is 1.32. The Balaban J connectivity index is 1.76. The third-order valence-corrected chi connectivity index (χ3v) is 5.87. The molecular formula is C25H19F2NO3S. The van der Waals surface area contributed by atoms with Gasteiger partial charge in [0.05, 0.1) is 12.6 Å². The summed E-state index contributed by atoms with van der Waals surface area (Å²) in [6, 6.07) is 19.7. The molecule has 0 radical (unpaired) electrons. The van der Waals surface area contributed by atoms with Crippen molar-refractivity contribution in [3.8, 4) is 5.75 Å². The molecule has 0 N–H and O–H groups in total. The third-order valence-electron chi connectivity index (χ3n) is 4.82. The fourth-order valence-electron chi connectivity index (χ4n) is 3.19. The number of nitrogens with zero attached hydrogens (tertiary/aromatic N) is 1. The van der Waals surface area contributed by atoms with E-state index >= 15 is 0 Å². The molecule has 0 saturated heterocycles. The molecule has 0 atom stereocenters. The van der Waals surface area contributed by atoms with Crippen molar-refractivity contribution in [3.05, 3.63) is 101 Å².